The Morgan fingerprint density at radius 3 is 2.30 bits per heavy atom. The quantitative estimate of drug-likeness (QED) is 0.837. The van der Waals surface area contributed by atoms with E-state index in [1.54, 1.807) is 11.0 Å². The van der Waals surface area contributed by atoms with Crippen LogP contribution >= 0.6 is 11.6 Å². The molecule has 1 aromatic carbocycles. The van der Waals surface area contributed by atoms with Crippen molar-refractivity contribution in [2.45, 2.75) is 40.2 Å². The summed E-state index contributed by atoms with van der Waals surface area (Å²) in [7, 11) is 0. The molecule has 0 aliphatic carbocycles. The molecule has 0 heterocycles. The number of carbonyl (C=O) groups excluding carboxylic acids is 2. The smallest absolute Gasteiger partial charge is 0.238 e. The molecule has 0 aromatic heterocycles. The number of rotatable bonds is 6. The van der Waals surface area contributed by atoms with Gasteiger partial charge in [-0.1, -0.05) is 24.6 Å². The Morgan fingerprint density at radius 1 is 1.17 bits per heavy atom. The zero-order valence-corrected chi connectivity index (χ0v) is 15.3. The van der Waals surface area contributed by atoms with Gasteiger partial charge >= 0.3 is 0 Å². The predicted octanol–water partition coefficient (Wildman–Crippen LogP) is 2.82. The highest BCUT2D eigenvalue weighted by atomic mass is 35.5. The van der Waals surface area contributed by atoms with Crippen molar-refractivity contribution < 1.29 is 9.59 Å². The fourth-order valence-electron chi connectivity index (χ4n) is 2.01. The van der Waals surface area contributed by atoms with Gasteiger partial charge in [0.25, 0.3) is 0 Å². The summed E-state index contributed by atoms with van der Waals surface area (Å²) >= 11 is 6.05. The SMILES string of the molecule is CCN(CC(=O)Nc1ccc(C)c(Cl)c1)CC(=O)NC(C)(C)C. The van der Waals surface area contributed by atoms with Crippen LogP contribution in [0, 0.1) is 6.92 Å². The lowest BCUT2D eigenvalue weighted by Crippen LogP contribution is -2.47. The average molecular weight is 340 g/mol. The lowest BCUT2D eigenvalue weighted by molar-refractivity contribution is -0.124. The number of benzene rings is 1. The van der Waals surface area contributed by atoms with Gasteiger partial charge in [0.1, 0.15) is 0 Å². The number of nitrogens with one attached hydrogen (secondary N) is 2. The summed E-state index contributed by atoms with van der Waals surface area (Å²) in [6, 6.07) is 5.38. The third-order valence-electron chi connectivity index (χ3n) is 3.15. The van der Waals surface area contributed by atoms with Gasteiger partial charge < -0.3 is 10.6 Å². The zero-order valence-electron chi connectivity index (χ0n) is 14.5. The Morgan fingerprint density at radius 2 is 1.78 bits per heavy atom. The van der Waals surface area contributed by atoms with Crippen LogP contribution in [0.2, 0.25) is 5.02 Å². The van der Waals surface area contributed by atoms with Gasteiger partial charge in [0.15, 0.2) is 0 Å². The Hall–Kier alpha value is -1.59. The molecular formula is C17H26ClN3O2. The van der Waals surface area contributed by atoms with E-state index < -0.39 is 0 Å². The molecule has 5 nitrogen and oxygen atoms in total. The summed E-state index contributed by atoms with van der Waals surface area (Å²) in [6.07, 6.45) is 0. The van der Waals surface area contributed by atoms with E-state index in [1.807, 2.05) is 46.8 Å². The van der Waals surface area contributed by atoms with Crippen LogP contribution in [0.4, 0.5) is 5.69 Å². The average Bonchev–Trinajstić information content (AvgIpc) is 2.40. The van der Waals surface area contributed by atoms with E-state index in [2.05, 4.69) is 10.6 Å². The van der Waals surface area contributed by atoms with Crippen molar-refractivity contribution in [1.29, 1.82) is 0 Å². The molecule has 128 valence electrons. The number of likely N-dealkylation sites (N-methyl/N-ethyl adjacent to an activating group) is 1. The minimum absolute atomic E-state index is 0.0921. The fourth-order valence-corrected chi connectivity index (χ4v) is 2.20. The van der Waals surface area contributed by atoms with Crippen LogP contribution < -0.4 is 10.6 Å². The van der Waals surface area contributed by atoms with Crippen LogP contribution in [-0.2, 0) is 9.59 Å². The van der Waals surface area contributed by atoms with Gasteiger partial charge in [-0.05, 0) is 51.9 Å². The molecule has 0 bridgehead atoms. The van der Waals surface area contributed by atoms with E-state index in [-0.39, 0.29) is 30.4 Å². The maximum absolute atomic E-state index is 12.1. The van der Waals surface area contributed by atoms with E-state index >= 15 is 0 Å². The Balaban J connectivity index is 2.56. The van der Waals surface area contributed by atoms with Gasteiger partial charge in [-0.3, -0.25) is 14.5 Å². The standard InChI is InChI=1S/C17H26ClN3O2/c1-6-21(11-16(23)20-17(3,4)5)10-15(22)19-13-8-7-12(2)14(18)9-13/h7-9H,6,10-11H2,1-5H3,(H,19,22)(H,20,23). The van der Waals surface area contributed by atoms with E-state index in [9.17, 15) is 9.59 Å². The van der Waals surface area contributed by atoms with Gasteiger partial charge in [-0.2, -0.15) is 0 Å². The molecule has 2 N–H and O–H groups in total. The first-order valence-electron chi connectivity index (χ1n) is 7.70. The second-order valence-electron chi connectivity index (χ2n) is 6.61. The normalized spacial score (nSPS) is 11.4. The van der Waals surface area contributed by atoms with Crippen molar-refractivity contribution in [1.82, 2.24) is 10.2 Å². The van der Waals surface area contributed by atoms with Crippen molar-refractivity contribution in [2.24, 2.45) is 0 Å². The van der Waals surface area contributed by atoms with Crippen LogP contribution in [0.3, 0.4) is 0 Å². The molecule has 23 heavy (non-hydrogen) atoms. The molecular weight excluding hydrogens is 314 g/mol. The van der Waals surface area contributed by atoms with E-state index in [0.29, 0.717) is 17.3 Å². The Kier molecular flexibility index (Phi) is 7.03. The summed E-state index contributed by atoms with van der Waals surface area (Å²) in [5.74, 6) is -0.263. The number of aryl methyl sites for hydroxylation is 1. The number of anilines is 1. The largest absolute Gasteiger partial charge is 0.350 e. The minimum atomic E-state index is -0.280. The van der Waals surface area contributed by atoms with E-state index in [4.69, 9.17) is 11.6 Å². The molecule has 1 rings (SSSR count). The van der Waals surface area contributed by atoms with Crippen molar-refractivity contribution in [2.75, 3.05) is 25.0 Å². The first-order valence-corrected chi connectivity index (χ1v) is 8.08. The molecule has 1 aromatic rings. The summed E-state index contributed by atoms with van der Waals surface area (Å²) in [5, 5.41) is 6.30. The summed E-state index contributed by atoms with van der Waals surface area (Å²) in [6.45, 7) is 10.6. The number of hydrogen-bond donors (Lipinski definition) is 2. The van der Waals surface area contributed by atoms with Gasteiger partial charge in [-0.15, -0.1) is 0 Å². The van der Waals surface area contributed by atoms with Crippen molar-refractivity contribution in [3.05, 3.63) is 28.8 Å². The fraction of sp³-hybridized carbons (Fsp3) is 0.529. The summed E-state index contributed by atoms with van der Waals surface area (Å²) in [4.78, 5) is 25.8. The number of nitrogens with zero attached hydrogens (tertiary/aromatic N) is 1. The van der Waals surface area contributed by atoms with Crippen LogP contribution in [0.15, 0.2) is 18.2 Å². The van der Waals surface area contributed by atoms with Crippen LogP contribution in [0.5, 0.6) is 0 Å². The molecule has 0 aliphatic heterocycles. The van der Waals surface area contributed by atoms with Gasteiger partial charge in [0.2, 0.25) is 11.8 Å². The second kappa shape index (κ2) is 8.31. The third kappa shape index (κ3) is 7.48. The van der Waals surface area contributed by atoms with Gasteiger partial charge in [0, 0.05) is 16.2 Å². The zero-order chi connectivity index (χ0) is 17.6. The molecule has 6 heteroatoms. The molecule has 0 saturated heterocycles. The first kappa shape index (κ1) is 19.5. The lowest BCUT2D eigenvalue weighted by atomic mass is 10.1. The highest BCUT2D eigenvalue weighted by Gasteiger charge is 2.17. The van der Waals surface area contributed by atoms with Gasteiger partial charge in [-0.25, -0.2) is 0 Å². The number of hydrogen-bond acceptors (Lipinski definition) is 3. The van der Waals surface area contributed by atoms with Crippen molar-refractivity contribution in [3.63, 3.8) is 0 Å². The molecule has 0 unspecified atom stereocenters. The molecule has 0 spiro atoms. The van der Waals surface area contributed by atoms with Crippen LogP contribution in [-0.4, -0.2) is 41.9 Å². The minimum Gasteiger partial charge on any atom is -0.350 e. The number of carbonyl (C=O) groups is 2. The van der Waals surface area contributed by atoms with Crippen molar-refractivity contribution >= 4 is 29.1 Å². The van der Waals surface area contributed by atoms with Crippen LogP contribution in [0.1, 0.15) is 33.3 Å². The Labute approximate surface area is 143 Å². The molecule has 0 aliphatic rings. The van der Waals surface area contributed by atoms with E-state index in [0.717, 1.165) is 5.56 Å². The summed E-state index contributed by atoms with van der Waals surface area (Å²) < 4.78 is 0. The van der Waals surface area contributed by atoms with Crippen LogP contribution in [0.25, 0.3) is 0 Å². The lowest BCUT2D eigenvalue weighted by Gasteiger charge is -2.24. The number of amides is 2. The van der Waals surface area contributed by atoms with Gasteiger partial charge in [0.05, 0.1) is 13.1 Å². The van der Waals surface area contributed by atoms with Crippen molar-refractivity contribution in [3.8, 4) is 0 Å². The molecule has 0 radical (unpaired) electrons. The second-order valence-corrected chi connectivity index (χ2v) is 7.02. The number of halogens is 1. The Bertz CT molecular complexity index is 567. The monoisotopic (exact) mass is 339 g/mol. The van der Waals surface area contributed by atoms with E-state index in [1.165, 1.54) is 0 Å². The first-order chi connectivity index (χ1) is 10.6. The third-order valence-corrected chi connectivity index (χ3v) is 3.56. The predicted molar refractivity (Wildman–Crippen MR) is 94.8 cm³/mol. The maximum Gasteiger partial charge on any atom is 0.238 e. The summed E-state index contributed by atoms with van der Waals surface area (Å²) in [5.41, 5.74) is 1.33. The highest BCUT2D eigenvalue weighted by Crippen LogP contribution is 2.19. The molecule has 0 fully saturated rings. The highest BCUT2D eigenvalue weighted by molar-refractivity contribution is 6.31. The molecule has 2 amide bonds. The topological polar surface area (TPSA) is 61.4 Å². The maximum atomic E-state index is 12.1. The molecule has 0 saturated carbocycles. The molecule has 0 atom stereocenters.